The fraction of sp³-hybridized carbons (Fsp3) is 0.364. The minimum Gasteiger partial charge on any atom is -0.479 e. The Morgan fingerprint density at radius 2 is 2.00 bits per heavy atom. The topological polar surface area (TPSA) is 72.6 Å². The number of alkyl halides is 3. The molecule has 160 valence electrons. The number of carboxylic acids is 1. The van der Waals surface area contributed by atoms with Gasteiger partial charge in [0.1, 0.15) is 11.4 Å². The van der Waals surface area contributed by atoms with E-state index in [2.05, 4.69) is 4.98 Å². The lowest BCUT2D eigenvalue weighted by molar-refractivity contribution is -0.161. The van der Waals surface area contributed by atoms with Gasteiger partial charge in [0, 0.05) is 0 Å². The Kier molecular flexibility index (Phi) is 5.64. The SMILES string of the molecule is CC1=CC(c2nc(C)c(C)o2)C(C)(OC(C(=O)O)c2cccc(C(F)(F)F)c2)C=C1. The van der Waals surface area contributed by atoms with E-state index in [1.165, 1.54) is 12.1 Å². The summed E-state index contributed by atoms with van der Waals surface area (Å²) in [4.78, 5) is 16.4. The molecule has 8 heteroatoms. The Balaban J connectivity index is 2.01. The molecule has 0 amide bonds. The molecule has 1 aliphatic rings. The largest absolute Gasteiger partial charge is 0.479 e. The predicted molar refractivity (Wildman–Crippen MR) is 103 cm³/mol. The molecule has 5 nitrogen and oxygen atoms in total. The summed E-state index contributed by atoms with van der Waals surface area (Å²) in [6, 6.07) is 4.15. The van der Waals surface area contributed by atoms with Crippen LogP contribution >= 0.6 is 0 Å². The van der Waals surface area contributed by atoms with E-state index in [4.69, 9.17) is 9.15 Å². The first-order valence-corrected chi connectivity index (χ1v) is 9.30. The zero-order valence-electron chi connectivity index (χ0n) is 16.9. The third-order valence-electron chi connectivity index (χ3n) is 5.15. The van der Waals surface area contributed by atoms with Crippen LogP contribution in [0.3, 0.4) is 0 Å². The zero-order valence-corrected chi connectivity index (χ0v) is 16.9. The second-order valence-electron chi connectivity index (χ2n) is 7.56. The molecule has 0 saturated heterocycles. The summed E-state index contributed by atoms with van der Waals surface area (Å²) >= 11 is 0. The molecular weight excluding hydrogens is 399 g/mol. The number of aromatic nitrogens is 1. The normalized spacial score (nSPS) is 22.6. The van der Waals surface area contributed by atoms with E-state index in [0.717, 1.165) is 17.7 Å². The highest BCUT2D eigenvalue weighted by Gasteiger charge is 2.42. The molecule has 1 aromatic carbocycles. The van der Waals surface area contributed by atoms with Gasteiger partial charge >= 0.3 is 12.1 Å². The van der Waals surface area contributed by atoms with E-state index in [0.29, 0.717) is 17.3 Å². The standard InChI is InChI=1S/C22H22F3NO4/c1-12-8-9-21(4,17(10-12)19-26-13(2)14(3)29-19)30-18(20(27)28)15-6-5-7-16(11-15)22(23,24)25/h5-11,17-18H,1-4H3,(H,27,28). The van der Waals surface area contributed by atoms with E-state index in [1.54, 1.807) is 32.9 Å². The van der Waals surface area contributed by atoms with Gasteiger partial charge in [0.05, 0.1) is 17.2 Å². The van der Waals surface area contributed by atoms with Gasteiger partial charge in [-0.3, -0.25) is 0 Å². The Labute approximate surface area is 171 Å². The maximum absolute atomic E-state index is 13.1. The van der Waals surface area contributed by atoms with Crippen LogP contribution < -0.4 is 0 Å². The number of benzene rings is 1. The average molecular weight is 421 g/mol. The molecule has 0 radical (unpaired) electrons. The zero-order chi connectivity index (χ0) is 22.3. The minimum absolute atomic E-state index is 0.100. The van der Waals surface area contributed by atoms with Gasteiger partial charge in [-0.1, -0.05) is 35.9 Å². The van der Waals surface area contributed by atoms with Crippen molar-refractivity contribution in [1.29, 1.82) is 0 Å². The molecule has 1 heterocycles. The summed E-state index contributed by atoms with van der Waals surface area (Å²) in [6.45, 7) is 7.09. The molecule has 0 spiro atoms. The van der Waals surface area contributed by atoms with Gasteiger partial charge in [-0.05, 0) is 45.4 Å². The van der Waals surface area contributed by atoms with Crippen molar-refractivity contribution in [1.82, 2.24) is 4.98 Å². The third kappa shape index (κ3) is 4.33. The van der Waals surface area contributed by atoms with Crippen molar-refractivity contribution in [2.75, 3.05) is 0 Å². The van der Waals surface area contributed by atoms with Crippen molar-refractivity contribution < 1.29 is 32.2 Å². The van der Waals surface area contributed by atoms with Crippen LogP contribution in [0.2, 0.25) is 0 Å². The molecule has 0 bridgehead atoms. The summed E-state index contributed by atoms with van der Waals surface area (Å²) in [6.07, 6.45) is -0.914. The lowest BCUT2D eigenvalue weighted by Gasteiger charge is -2.36. The highest BCUT2D eigenvalue weighted by molar-refractivity contribution is 5.74. The molecule has 1 aliphatic carbocycles. The van der Waals surface area contributed by atoms with Crippen LogP contribution in [0.1, 0.15) is 54.3 Å². The number of ether oxygens (including phenoxy) is 1. The number of oxazole rings is 1. The second-order valence-corrected chi connectivity index (χ2v) is 7.56. The van der Waals surface area contributed by atoms with Crippen molar-refractivity contribution in [2.24, 2.45) is 0 Å². The summed E-state index contributed by atoms with van der Waals surface area (Å²) in [5.74, 6) is -0.971. The number of carboxylic acid groups (broad SMARTS) is 1. The Bertz CT molecular complexity index is 1000. The summed E-state index contributed by atoms with van der Waals surface area (Å²) in [5.41, 5.74) is -0.649. The number of halogens is 3. The van der Waals surface area contributed by atoms with Crippen LogP contribution in [-0.4, -0.2) is 21.7 Å². The second kappa shape index (κ2) is 7.75. The molecule has 30 heavy (non-hydrogen) atoms. The lowest BCUT2D eigenvalue weighted by atomic mass is 9.82. The third-order valence-corrected chi connectivity index (χ3v) is 5.15. The van der Waals surface area contributed by atoms with Crippen LogP contribution in [-0.2, 0) is 15.7 Å². The average Bonchev–Trinajstić information content (AvgIpc) is 2.99. The van der Waals surface area contributed by atoms with E-state index < -0.39 is 35.3 Å². The van der Waals surface area contributed by atoms with Gasteiger partial charge < -0.3 is 14.3 Å². The fourth-order valence-corrected chi connectivity index (χ4v) is 3.34. The van der Waals surface area contributed by atoms with Crippen molar-refractivity contribution in [3.05, 3.63) is 76.5 Å². The Morgan fingerprint density at radius 1 is 1.30 bits per heavy atom. The lowest BCUT2D eigenvalue weighted by Crippen LogP contribution is -2.38. The van der Waals surface area contributed by atoms with Gasteiger partial charge in [0.25, 0.3) is 0 Å². The molecule has 1 aromatic heterocycles. The van der Waals surface area contributed by atoms with Gasteiger partial charge in [-0.25, -0.2) is 9.78 Å². The van der Waals surface area contributed by atoms with Crippen molar-refractivity contribution in [2.45, 2.75) is 51.5 Å². The number of carbonyl (C=O) groups is 1. The van der Waals surface area contributed by atoms with Crippen LogP contribution in [0.25, 0.3) is 0 Å². The first-order valence-electron chi connectivity index (χ1n) is 9.30. The molecule has 3 rings (SSSR count). The highest BCUT2D eigenvalue weighted by Crippen LogP contribution is 2.42. The van der Waals surface area contributed by atoms with Crippen molar-refractivity contribution in [3.63, 3.8) is 0 Å². The molecule has 0 fully saturated rings. The number of nitrogens with zero attached hydrogens (tertiary/aromatic N) is 1. The Hall–Kier alpha value is -2.87. The van der Waals surface area contributed by atoms with Crippen molar-refractivity contribution >= 4 is 5.97 Å². The van der Waals surface area contributed by atoms with Crippen molar-refractivity contribution in [3.8, 4) is 0 Å². The minimum atomic E-state index is -4.59. The number of allylic oxidation sites excluding steroid dienone is 2. The number of rotatable bonds is 5. The van der Waals surface area contributed by atoms with E-state index in [1.807, 2.05) is 13.0 Å². The number of hydrogen-bond donors (Lipinski definition) is 1. The fourth-order valence-electron chi connectivity index (χ4n) is 3.34. The summed E-state index contributed by atoms with van der Waals surface area (Å²) in [5, 5.41) is 9.74. The number of aryl methyl sites for hydroxylation is 2. The maximum atomic E-state index is 13.1. The van der Waals surface area contributed by atoms with Crippen LogP contribution in [0.5, 0.6) is 0 Å². The molecule has 1 N–H and O–H groups in total. The molecule has 2 aromatic rings. The maximum Gasteiger partial charge on any atom is 0.416 e. The molecule has 0 aliphatic heterocycles. The van der Waals surface area contributed by atoms with E-state index in [-0.39, 0.29) is 5.56 Å². The first-order chi connectivity index (χ1) is 13.9. The van der Waals surface area contributed by atoms with Crippen LogP contribution in [0.15, 0.2) is 52.5 Å². The molecule has 3 atom stereocenters. The number of aliphatic carboxylic acids is 1. The first kappa shape index (κ1) is 21.8. The van der Waals surface area contributed by atoms with E-state index >= 15 is 0 Å². The summed E-state index contributed by atoms with van der Waals surface area (Å²) in [7, 11) is 0. The molecular formula is C22H22F3NO4. The highest BCUT2D eigenvalue weighted by atomic mass is 19.4. The predicted octanol–water partition coefficient (Wildman–Crippen LogP) is 5.51. The van der Waals surface area contributed by atoms with Gasteiger partial charge in [0.15, 0.2) is 6.10 Å². The van der Waals surface area contributed by atoms with Gasteiger partial charge in [0.2, 0.25) is 5.89 Å². The van der Waals surface area contributed by atoms with Gasteiger partial charge in [-0.15, -0.1) is 0 Å². The number of hydrogen-bond acceptors (Lipinski definition) is 4. The monoisotopic (exact) mass is 421 g/mol. The molecule has 3 unspecified atom stereocenters. The van der Waals surface area contributed by atoms with Gasteiger partial charge in [-0.2, -0.15) is 13.2 Å². The van der Waals surface area contributed by atoms with E-state index in [9.17, 15) is 23.1 Å². The summed E-state index contributed by atoms with van der Waals surface area (Å²) < 4.78 is 51.0. The quantitative estimate of drug-likeness (QED) is 0.689. The Morgan fingerprint density at radius 3 is 2.57 bits per heavy atom. The van der Waals surface area contributed by atoms with Crippen LogP contribution in [0, 0.1) is 13.8 Å². The smallest absolute Gasteiger partial charge is 0.416 e. The van der Waals surface area contributed by atoms with Crippen LogP contribution in [0.4, 0.5) is 13.2 Å². The molecule has 0 saturated carbocycles.